The number of aromatic nitrogens is 3. The summed E-state index contributed by atoms with van der Waals surface area (Å²) in [6.45, 7) is 0. The van der Waals surface area contributed by atoms with Crippen molar-refractivity contribution in [3.63, 3.8) is 0 Å². The van der Waals surface area contributed by atoms with Crippen LogP contribution in [-0.2, 0) is 0 Å². The first kappa shape index (κ1) is 28.9. The van der Waals surface area contributed by atoms with E-state index in [1.165, 1.54) is 27.1 Å². The Morgan fingerprint density at radius 1 is 0.462 bits per heavy atom. The van der Waals surface area contributed by atoms with Crippen molar-refractivity contribution in [3.8, 4) is 51.0 Å². The van der Waals surface area contributed by atoms with Crippen LogP contribution in [0.15, 0.2) is 168 Å². The van der Waals surface area contributed by atoms with Crippen molar-refractivity contribution in [1.29, 1.82) is 0 Å². The molecule has 2 aromatic heterocycles. The molecule has 1 aliphatic carbocycles. The van der Waals surface area contributed by atoms with E-state index in [1.807, 2.05) is 42.5 Å². The summed E-state index contributed by atoms with van der Waals surface area (Å²) in [4.78, 5) is 15.4. The fourth-order valence-electron chi connectivity index (χ4n) is 7.90. The van der Waals surface area contributed by atoms with Gasteiger partial charge < -0.3 is 9.15 Å². The second kappa shape index (κ2) is 11.3. The molecule has 5 nitrogen and oxygen atoms in total. The van der Waals surface area contributed by atoms with Gasteiger partial charge in [0.1, 0.15) is 23.0 Å². The van der Waals surface area contributed by atoms with E-state index in [1.54, 1.807) is 0 Å². The summed E-state index contributed by atoms with van der Waals surface area (Å²) >= 11 is 0. The van der Waals surface area contributed by atoms with E-state index in [0.29, 0.717) is 17.5 Å². The predicted molar refractivity (Wildman–Crippen MR) is 209 cm³/mol. The maximum atomic E-state index is 6.46. The summed E-state index contributed by atoms with van der Waals surface area (Å²) in [5.41, 5.74) is 7.82. The molecule has 0 fully saturated rings. The minimum Gasteiger partial charge on any atom is -0.485 e. The molecule has 1 aliphatic heterocycles. The van der Waals surface area contributed by atoms with Crippen molar-refractivity contribution in [3.05, 3.63) is 169 Å². The van der Waals surface area contributed by atoms with Crippen LogP contribution in [0.25, 0.3) is 88.8 Å². The highest BCUT2D eigenvalue weighted by atomic mass is 16.5. The van der Waals surface area contributed by atoms with Gasteiger partial charge in [-0.1, -0.05) is 121 Å². The summed E-state index contributed by atoms with van der Waals surface area (Å²) in [5, 5.41) is 6.73. The van der Waals surface area contributed by atoms with Crippen LogP contribution < -0.4 is 4.74 Å². The summed E-state index contributed by atoms with van der Waals surface area (Å²) < 4.78 is 12.7. The van der Waals surface area contributed by atoms with E-state index >= 15 is 0 Å². The lowest BCUT2D eigenvalue weighted by molar-refractivity contribution is 0.269. The van der Waals surface area contributed by atoms with Crippen molar-refractivity contribution < 1.29 is 9.15 Å². The van der Waals surface area contributed by atoms with Crippen LogP contribution in [0.1, 0.15) is 11.5 Å². The number of furan rings is 1. The fourth-order valence-corrected chi connectivity index (χ4v) is 7.90. The summed E-state index contributed by atoms with van der Waals surface area (Å²) in [6.07, 6.45) is 8.58. The van der Waals surface area contributed by atoms with E-state index < -0.39 is 0 Å². The van der Waals surface area contributed by atoms with Crippen molar-refractivity contribution in [2.45, 2.75) is 12.0 Å². The highest BCUT2D eigenvalue weighted by molar-refractivity contribution is 6.13. The van der Waals surface area contributed by atoms with Gasteiger partial charge in [-0.05, 0) is 75.1 Å². The molecule has 0 radical (unpaired) electrons. The summed E-state index contributed by atoms with van der Waals surface area (Å²) in [5.74, 6) is 3.01. The molecule has 0 N–H and O–H groups in total. The Morgan fingerprint density at radius 2 is 1.17 bits per heavy atom. The number of allylic oxidation sites excluding steroid dienone is 2. The predicted octanol–water partition coefficient (Wildman–Crippen LogP) is 11.7. The summed E-state index contributed by atoms with van der Waals surface area (Å²) in [7, 11) is 0. The highest BCUT2D eigenvalue weighted by Gasteiger charge is 2.32. The second-order valence-electron chi connectivity index (χ2n) is 13.5. The Balaban J connectivity index is 1.09. The van der Waals surface area contributed by atoms with Gasteiger partial charge in [-0.3, -0.25) is 0 Å². The summed E-state index contributed by atoms with van der Waals surface area (Å²) in [6, 6.07) is 48.5. The Morgan fingerprint density at radius 3 is 2.10 bits per heavy atom. The van der Waals surface area contributed by atoms with Gasteiger partial charge in [-0.2, -0.15) is 0 Å². The van der Waals surface area contributed by atoms with Crippen LogP contribution >= 0.6 is 0 Å². The third-order valence-electron chi connectivity index (χ3n) is 10.5. The third kappa shape index (κ3) is 4.60. The zero-order chi connectivity index (χ0) is 34.2. The van der Waals surface area contributed by atoms with Gasteiger partial charge in [0, 0.05) is 38.9 Å². The number of hydrogen-bond donors (Lipinski definition) is 0. The number of rotatable bonds is 4. The van der Waals surface area contributed by atoms with Crippen LogP contribution in [0.2, 0.25) is 0 Å². The molecule has 2 unspecified atom stereocenters. The maximum Gasteiger partial charge on any atom is 0.164 e. The van der Waals surface area contributed by atoms with Crippen LogP contribution in [0.4, 0.5) is 0 Å². The van der Waals surface area contributed by atoms with Gasteiger partial charge in [0.2, 0.25) is 0 Å². The lowest BCUT2D eigenvalue weighted by atomic mass is 9.90. The molecule has 0 amide bonds. The molecule has 0 spiro atoms. The number of benzene rings is 7. The molecule has 52 heavy (non-hydrogen) atoms. The molecule has 2 aliphatic rings. The first-order chi connectivity index (χ1) is 25.7. The Kier molecular flexibility index (Phi) is 6.31. The van der Waals surface area contributed by atoms with Crippen molar-refractivity contribution in [2.24, 2.45) is 0 Å². The molecular formula is C47H29N3O2. The van der Waals surface area contributed by atoms with Crippen molar-refractivity contribution in [1.82, 2.24) is 15.0 Å². The van der Waals surface area contributed by atoms with E-state index in [0.717, 1.165) is 55.5 Å². The first-order valence-electron chi connectivity index (χ1n) is 17.6. The monoisotopic (exact) mass is 667 g/mol. The molecule has 244 valence electrons. The van der Waals surface area contributed by atoms with Gasteiger partial charge in [0.15, 0.2) is 17.5 Å². The van der Waals surface area contributed by atoms with Crippen LogP contribution in [0.5, 0.6) is 5.75 Å². The average Bonchev–Trinajstić information content (AvgIpc) is 3.78. The smallest absolute Gasteiger partial charge is 0.164 e. The van der Waals surface area contributed by atoms with Gasteiger partial charge in [-0.15, -0.1) is 0 Å². The Hall–Kier alpha value is -6.85. The molecule has 0 saturated heterocycles. The molecule has 3 heterocycles. The topological polar surface area (TPSA) is 61.0 Å². The van der Waals surface area contributed by atoms with Crippen molar-refractivity contribution >= 4 is 43.5 Å². The first-order valence-corrected chi connectivity index (χ1v) is 17.6. The van der Waals surface area contributed by atoms with Gasteiger partial charge in [0.05, 0.1) is 0 Å². The van der Waals surface area contributed by atoms with Gasteiger partial charge >= 0.3 is 0 Å². The van der Waals surface area contributed by atoms with Crippen LogP contribution in [-0.4, -0.2) is 21.1 Å². The van der Waals surface area contributed by atoms with E-state index in [4.69, 9.17) is 24.1 Å². The molecule has 0 bridgehead atoms. The largest absolute Gasteiger partial charge is 0.485 e. The molecule has 9 aromatic rings. The SMILES string of the molecule is C1=CC2Oc3ccc(-c4ccc5oc6cccc(-c7nc(-c8ccccc8)nc(-c8ccc9ccc%10ccccc%10c9c8)n7)c6c5c4)cc3C2C=C1. The second-order valence-corrected chi connectivity index (χ2v) is 13.5. The number of ether oxygens (including phenoxy) is 1. The van der Waals surface area contributed by atoms with Crippen LogP contribution in [0.3, 0.4) is 0 Å². The van der Waals surface area contributed by atoms with E-state index in [9.17, 15) is 0 Å². The standard InChI is InChI=1S/C47H29N3O2/c1-2-10-30(11-3-1)45-48-46(33-20-19-29-18-17-28-9-4-5-12-34(28)37(29)27-33)50-47(49-45)36-14-8-16-43-44(36)39-26-32(22-24-42(39)52-43)31-21-23-41-38(25-31)35-13-6-7-15-40(35)51-41/h1-27,35,40H. The third-order valence-corrected chi connectivity index (χ3v) is 10.5. The van der Waals surface area contributed by atoms with Crippen LogP contribution in [0, 0.1) is 0 Å². The molecule has 11 rings (SSSR count). The Labute approximate surface area is 299 Å². The van der Waals surface area contributed by atoms with Crippen molar-refractivity contribution in [2.75, 3.05) is 0 Å². The molecular weight excluding hydrogens is 639 g/mol. The lowest BCUT2D eigenvalue weighted by Crippen LogP contribution is -2.15. The minimum atomic E-state index is 0.0538. The quantitative estimate of drug-likeness (QED) is 0.175. The molecule has 5 heteroatoms. The van der Waals surface area contributed by atoms with Gasteiger partial charge in [0.25, 0.3) is 0 Å². The fraction of sp³-hybridized carbons (Fsp3) is 0.0426. The minimum absolute atomic E-state index is 0.0538. The zero-order valence-electron chi connectivity index (χ0n) is 27.9. The lowest BCUT2D eigenvalue weighted by Gasteiger charge is -2.14. The van der Waals surface area contributed by atoms with E-state index in [2.05, 4.69) is 121 Å². The molecule has 2 atom stereocenters. The molecule has 0 saturated carbocycles. The van der Waals surface area contributed by atoms with E-state index in [-0.39, 0.29) is 12.0 Å². The number of fused-ring (bicyclic) bond motifs is 9. The highest BCUT2D eigenvalue weighted by Crippen LogP contribution is 2.44. The number of nitrogens with zero attached hydrogens (tertiary/aromatic N) is 3. The zero-order valence-corrected chi connectivity index (χ0v) is 27.9. The van der Waals surface area contributed by atoms with Gasteiger partial charge in [-0.25, -0.2) is 15.0 Å². The average molecular weight is 668 g/mol. The normalized spacial score (nSPS) is 16.1. The maximum absolute atomic E-state index is 6.46. The Bertz CT molecular complexity index is 2960. The molecule has 7 aromatic carbocycles. The number of hydrogen-bond acceptors (Lipinski definition) is 5.